The van der Waals surface area contributed by atoms with Gasteiger partial charge in [-0.25, -0.2) is 9.59 Å². The van der Waals surface area contributed by atoms with Crippen molar-refractivity contribution in [3.8, 4) is 0 Å². The van der Waals surface area contributed by atoms with Crippen molar-refractivity contribution in [3.63, 3.8) is 0 Å². The van der Waals surface area contributed by atoms with Gasteiger partial charge in [0.2, 0.25) is 0 Å². The number of fused-ring (bicyclic) bond motifs is 3. The Morgan fingerprint density at radius 1 is 0.788 bits per heavy atom. The molecule has 0 spiro atoms. The van der Waals surface area contributed by atoms with Crippen LogP contribution >= 0.6 is 0 Å². The van der Waals surface area contributed by atoms with Crippen molar-refractivity contribution in [1.82, 2.24) is 0 Å². The molecule has 6 rings (SSSR count). The molecule has 2 aromatic carbocycles. The minimum atomic E-state index is -1.20. The SMILES string of the molecule is CCC1=C/C2=C/CCC(C(=O)OCC(O)COC(=O)c3ccc4cc(C(=O)OCC(O)COC(=O)C5(C)CCC[C@@]6(C)C5CC=C(/C=C/C(C)C)[C@@H]6CC)ccc4c3)CCC[C@H](C)[C@H]2CC1. The molecule has 0 heterocycles. The Morgan fingerprint density at radius 2 is 1.42 bits per heavy atom. The van der Waals surface area contributed by atoms with Crippen LogP contribution < -0.4 is 0 Å². The number of hydrogen-bond donors (Lipinski definition) is 2. The lowest BCUT2D eigenvalue weighted by Gasteiger charge is -2.56. The molecule has 66 heavy (non-hydrogen) atoms. The van der Waals surface area contributed by atoms with Crippen LogP contribution in [-0.4, -0.2) is 72.7 Å². The summed E-state index contributed by atoms with van der Waals surface area (Å²) in [5.74, 6) is -0.111. The number of allylic oxidation sites excluding steroid dienone is 8. The third kappa shape index (κ3) is 12.3. The largest absolute Gasteiger partial charge is 0.463 e. The van der Waals surface area contributed by atoms with Crippen LogP contribution in [0.2, 0.25) is 0 Å². The van der Waals surface area contributed by atoms with Crippen LogP contribution in [0.4, 0.5) is 0 Å². The highest BCUT2D eigenvalue weighted by Crippen LogP contribution is 2.61. The van der Waals surface area contributed by atoms with E-state index in [1.165, 1.54) is 29.6 Å². The standard InChI is InChI=1S/C56H76O10/c1-8-38-18-25-48-37(5)13-10-14-40(15-11-16-43(48)29-38)51(59)63-32-46(57)33-64-52(60)44-22-20-42-31-45(23-21-41(42)30-44)53(61)65-34-47(58)35-66-54(62)56(7)28-12-27-55(6)49(9-2)39(19-17-36(3)4)24-26-50(55)56/h16-17,19-24,29-31,36-37,40,46-50,57-58H,8-15,18,25-28,32-35H2,1-7H3/b19-17+,43-16-/t37-,40?,46?,47?,48+,49-,50?,55+,56?/m0/s1. The Labute approximate surface area is 393 Å². The van der Waals surface area contributed by atoms with E-state index in [1.807, 2.05) is 6.92 Å². The van der Waals surface area contributed by atoms with Crippen molar-refractivity contribution in [1.29, 1.82) is 0 Å². The zero-order valence-electron chi connectivity index (χ0n) is 40.7. The zero-order valence-corrected chi connectivity index (χ0v) is 40.7. The minimum Gasteiger partial charge on any atom is -0.463 e. The first-order valence-electron chi connectivity index (χ1n) is 24.9. The summed E-state index contributed by atoms with van der Waals surface area (Å²) in [6, 6.07) is 9.77. The van der Waals surface area contributed by atoms with Crippen LogP contribution in [0.25, 0.3) is 10.8 Å². The van der Waals surface area contributed by atoms with Crippen molar-refractivity contribution in [2.24, 2.45) is 46.3 Å². The van der Waals surface area contributed by atoms with Gasteiger partial charge in [0.1, 0.15) is 38.6 Å². The van der Waals surface area contributed by atoms with Gasteiger partial charge < -0.3 is 29.2 Å². The van der Waals surface area contributed by atoms with Gasteiger partial charge in [-0.3, -0.25) is 9.59 Å². The van der Waals surface area contributed by atoms with E-state index in [2.05, 4.69) is 71.9 Å². The molecule has 0 amide bonds. The molecule has 1 saturated carbocycles. The average Bonchev–Trinajstić information content (AvgIpc) is 3.31. The minimum absolute atomic E-state index is 0.0460. The molecular formula is C56H76O10. The van der Waals surface area contributed by atoms with E-state index in [0.717, 1.165) is 64.2 Å². The van der Waals surface area contributed by atoms with Crippen LogP contribution in [0.1, 0.15) is 153 Å². The first kappa shape index (κ1) is 50.9. The zero-order chi connectivity index (χ0) is 47.6. The fraction of sp³-hybridized carbons (Fsp3) is 0.607. The molecule has 2 N–H and O–H groups in total. The number of rotatable bonds is 16. The molecular weight excluding hydrogens is 833 g/mol. The van der Waals surface area contributed by atoms with Crippen molar-refractivity contribution in [2.45, 2.75) is 144 Å². The lowest BCUT2D eigenvalue weighted by atomic mass is 9.47. The number of esters is 4. The van der Waals surface area contributed by atoms with Gasteiger partial charge >= 0.3 is 23.9 Å². The highest BCUT2D eigenvalue weighted by atomic mass is 16.6. The van der Waals surface area contributed by atoms with Crippen LogP contribution in [0.5, 0.6) is 0 Å². The van der Waals surface area contributed by atoms with Gasteiger partial charge in [0.25, 0.3) is 0 Å². The number of carbonyl (C=O) groups excluding carboxylic acids is 4. The molecule has 0 aromatic heterocycles. The Hall–Kier alpha value is -4.54. The quantitative estimate of drug-likeness (QED) is 0.123. The number of ether oxygens (including phenoxy) is 4. The summed E-state index contributed by atoms with van der Waals surface area (Å²) < 4.78 is 22.1. The Bertz CT molecular complexity index is 2160. The Morgan fingerprint density at radius 3 is 2.05 bits per heavy atom. The van der Waals surface area contributed by atoms with Crippen molar-refractivity contribution in [3.05, 3.63) is 94.6 Å². The molecule has 0 bridgehead atoms. The number of carbonyl (C=O) groups is 4. The lowest BCUT2D eigenvalue weighted by Crippen LogP contribution is -2.53. The average molecular weight is 909 g/mol. The maximum atomic E-state index is 13.8. The highest BCUT2D eigenvalue weighted by molar-refractivity contribution is 5.99. The Kier molecular flexibility index (Phi) is 17.7. The van der Waals surface area contributed by atoms with Crippen molar-refractivity contribution in [2.75, 3.05) is 26.4 Å². The summed E-state index contributed by atoms with van der Waals surface area (Å²) in [6.45, 7) is 14.2. The maximum Gasteiger partial charge on any atom is 0.338 e. The summed E-state index contributed by atoms with van der Waals surface area (Å²) in [4.78, 5) is 52.9. The fourth-order valence-electron chi connectivity index (χ4n) is 11.6. The van der Waals surface area contributed by atoms with Gasteiger partial charge in [-0.2, -0.15) is 0 Å². The number of aliphatic hydroxyl groups is 2. The second kappa shape index (κ2) is 23.0. The molecule has 1 fully saturated rings. The molecule has 0 saturated heterocycles. The van der Waals surface area contributed by atoms with Gasteiger partial charge in [-0.1, -0.05) is 109 Å². The topological polar surface area (TPSA) is 146 Å². The lowest BCUT2D eigenvalue weighted by molar-refractivity contribution is -0.172. The van der Waals surface area contributed by atoms with E-state index in [0.29, 0.717) is 40.9 Å². The second-order valence-electron chi connectivity index (χ2n) is 20.5. The van der Waals surface area contributed by atoms with Gasteiger partial charge in [-0.15, -0.1) is 0 Å². The smallest absolute Gasteiger partial charge is 0.338 e. The highest BCUT2D eigenvalue weighted by Gasteiger charge is 2.57. The van der Waals surface area contributed by atoms with Crippen LogP contribution in [0.15, 0.2) is 83.5 Å². The third-order valence-corrected chi connectivity index (χ3v) is 15.4. The van der Waals surface area contributed by atoms with Crippen LogP contribution in [-0.2, 0) is 28.5 Å². The van der Waals surface area contributed by atoms with Gasteiger partial charge in [-0.05, 0) is 152 Å². The Balaban J connectivity index is 0.938. The first-order valence-corrected chi connectivity index (χ1v) is 24.9. The number of aliphatic hydroxyl groups excluding tert-OH is 2. The van der Waals surface area contributed by atoms with E-state index >= 15 is 0 Å². The maximum absolute atomic E-state index is 13.8. The van der Waals surface area contributed by atoms with E-state index in [1.54, 1.807) is 36.4 Å². The predicted molar refractivity (Wildman–Crippen MR) is 257 cm³/mol. The van der Waals surface area contributed by atoms with Crippen molar-refractivity contribution < 1.29 is 48.3 Å². The van der Waals surface area contributed by atoms with E-state index in [4.69, 9.17) is 18.9 Å². The number of hydrogen-bond acceptors (Lipinski definition) is 10. The second-order valence-corrected chi connectivity index (χ2v) is 20.5. The monoisotopic (exact) mass is 909 g/mol. The third-order valence-electron chi connectivity index (χ3n) is 15.4. The summed E-state index contributed by atoms with van der Waals surface area (Å²) in [7, 11) is 0. The number of benzene rings is 2. The molecule has 10 nitrogen and oxygen atoms in total. The summed E-state index contributed by atoms with van der Waals surface area (Å²) in [6.07, 6.45) is 21.4. The van der Waals surface area contributed by atoms with Gasteiger partial charge in [0, 0.05) is 0 Å². The molecule has 5 unspecified atom stereocenters. The molecule has 2 aromatic rings. The van der Waals surface area contributed by atoms with E-state index < -0.39 is 29.6 Å². The van der Waals surface area contributed by atoms with Gasteiger partial charge in [0.15, 0.2) is 0 Å². The molecule has 9 atom stereocenters. The molecule has 360 valence electrons. The summed E-state index contributed by atoms with van der Waals surface area (Å²) in [5, 5.41) is 22.7. The van der Waals surface area contributed by atoms with Crippen LogP contribution in [0.3, 0.4) is 0 Å². The van der Waals surface area contributed by atoms with E-state index in [-0.39, 0.29) is 66.7 Å². The molecule has 0 radical (unpaired) electrons. The van der Waals surface area contributed by atoms with Gasteiger partial charge in [0.05, 0.1) is 22.5 Å². The molecule has 4 aliphatic carbocycles. The molecule has 4 aliphatic rings. The summed E-state index contributed by atoms with van der Waals surface area (Å²) in [5.41, 5.74) is 4.05. The molecule has 10 heteroatoms. The van der Waals surface area contributed by atoms with Crippen LogP contribution in [0, 0.1) is 46.3 Å². The first-order chi connectivity index (χ1) is 31.6. The predicted octanol–water partition coefficient (Wildman–Crippen LogP) is 11.2. The normalized spacial score (nSPS) is 28.7. The van der Waals surface area contributed by atoms with Crippen molar-refractivity contribution >= 4 is 34.6 Å². The molecule has 0 aliphatic heterocycles. The fourth-order valence-corrected chi connectivity index (χ4v) is 11.6. The summed E-state index contributed by atoms with van der Waals surface area (Å²) >= 11 is 0. The van der Waals surface area contributed by atoms with E-state index in [9.17, 15) is 29.4 Å².